The van der Waals surface area contributed by atoms with E-state index >= 15 is 0 Å². The Morgan fingerprint density at radius 3 is 2.39 bits per heavy atom. The zero-order valence-corrected chi connectivity index (χ0v) is 10.7. The fraction of sp³-hybridized carbons (Fsp3) is 0.400. The van der Waals surface area contributed by atoms with E-state index < -0.39 is 5.97 Å². The van der Waals surface area contributed by atoms with E-state index in [-0.39, 0.29) is 5.75 Å². The Hall–Kier alpha value is -1.77. The van der Waals surface area contributed by atoms with Crippen molar-refractivity contribution in [2.24, 2.45) is 0 Å². The molecule has 0 aliphatic heterocycles. The summed E-state index contributed by atoms with van der Waals surface area (Å²) in [4.78, 5) is 11.1. The third kappa shape index (κ3) is 5.04. The Morgan fingerprint density at radius 1 is 1.17 bits per heavy atom. The van der Waals surface area contributed by atoms with Crippen LogP contribution in [0.2, 0.25) is 0 Å². The second-order valence-corrected chi connectivity index (χ2v) is 4.38. The lowest BCUT2D eigenvalue weighted by Crippen LogP contribution is -2.00. The van der Waals surface area contributed by atoms with Gasteiger partial charge in [-0.25, -0.2) is 4.79 Å². The normalized spacial score (nSPS) is 11.5. The molecular weight excluding hydrogens is 228 g/mol. The number of carboxylic acid groups (broad SMARTS) is 1. The quantitative estimate of drug-likeness (QED) is 0.569. The van der Waals surface area contributed by atoms with Crippen LogP contribution in [0.5, 0.6) is 5.75 Å². The molecule has 98 valence electrons. The molecule has 0 saturated carbocycles. The standard InChI is InChI=1S/C15H20O3/c1-2-3-4-5-6-13(15(17)18)11-12-7-9-14(16)10-8-12/h7-11,16H,2-6H2,1H3,(H,17,18)/b13-11-. The Bertz CT molecular complexity index is 404. The third-order valence-electron chi connectivity index (χ3n) is 2.81. The highest BCUT2D eigenvalue weighted by Crippen LogP contribution is 2.16. The molecule has 0 unspecified atom stereocenters. The van der Waals surface area contributed by atoms with Gasteiger partial charge >= 0.3 is 5.97 Å². The SMILES string of the molecule is CCCCCC/C(=C/c1ccc(O)cc1)C(=O)O. The van der Waals surface area contributed by atoms with Crippen LogP contribution in [0.4, 0.5) is 0 Å². The number of hydrogen-bond acceptors (Lipinski definition) is 2. The average Bonchev–Trinajstić information content (AvgIpc) is 2.35. The van der Waals surface area contributed by atoms with Crippen LogP contribution in [-0.2, 0) is 4.79 Å². The van der Waals surface area contributed by atoms with Crippen molar-refractivity contribution in [2.75, 3.05) is 0 Å². The first-order valence-electron chi connectivity index (χ1n) is 6.36. The minimum atomic E-state index is -0.862. The molecule has 0 fully saturated rings. The van der Waals surface area contributed by atoms with Gasteiger partial charge in [-0.15, -0.1) is 0 Å². The summed E-state index contributed by atoms with van der Waals surface area (Å²) < 4.78 is 0. The summed E-state index contributed by atoms with van der Waals surface area (Å²) in [6, 6.07) is 6.54. The summed E-state index contributed by atoms with van der Waals surface area (Å²) >= 11 is 0. The van der Waals surface area contributed by atoms with E-state index in [0.29, 0.717) is 12.0 Å². The van der Waals surface area contributed by atoms with Crippen LogP contribution in [0, 0.1) is 0 Å². The first kappa shape index (κ1) is 14.3. The number of benzene rings is 1. The summed E-state index contributed by atoms with van der Waals surface area (Å²) in [5.41, 5.74) is 1.23. The molecule has 1 aromatic carbocycles. The van der Waals surface area contributed by atoms with Gasteiger partial charge in [0, 0.05) is 5.57 Å². The minimum absolute atomic E-state index is 0.187. The van der Waals surface area contributed by atoms with Crippen LogP contribution in [0.3, 0.4) is 0 Å². The van der Waals surface area contributed by atoms with Gasteiger partial charge in [0.1, 0.15) is 5.75 Å². The van der Waals surface area contributed by atoms with E-state index in [1.165, 1.54) is 0 Å². The summed E-state index contributed by atoms with van der Waals surface area (Å²) in [5.74, 6) is -0.674. The Balaban J connectivity index is 2.66. The van der Waals surface area contributed by atoms with Crippen molar-refractivity contribution in [3.63, 3.8) is 0 Å². The molecular formula is C15H20O3. The number of carbonyl (C=O) groups is 1. The number of aromatic hydroxyl groups is 1. The van der Waals surface area contributed by atoms with Gasteiger partial charge in [-0.05, 0) is 36.6 Å². The maximum atomic E-state index is 11.1. The van der Waals surface area contributed by atoms with E-state index in [4.69, 9.17) is 10.2 Å². The average molecular weight is 248 g/mol. The molecule has 3 heteroatoms. The fourth-order valence-corrected chi connectivity index (χ4v) is 1.75. The molecule has 0 radical (unpaired) electrons. The molecule has 18 heavy (non-hydrogen) atoms. The van der Waals surface area contributed by atoms with E-state index in [0.717, 1.165) is 31.2 Å². The van der Waals surface area contributed by atoms with Crippen LogP contribution >= 0.6 is 0 Å². The van der Waals surface area contributed by atoms with Crippen LogP contribution in [-0.4, -0.2) is 16.2 Å². The first-order chi connectivity index (χ1) is 8.63. The zero-order chi connectivity index (χ0) is 13.4. The largest absolute Gasteiger partial charge is 0.508 e. The van der Waals surface area contributed by atoms with Gasteiger partial charge in [0.15, 0.2) is 0 Å². The number of aliphatic carboxylic acids is 1. The molecule has 0 heterocycles. The number of carboxylic acids is 1. The van der Waals surface area contributed by atoms with Gasteiger partial charge in [0.2, 0.25) is 0 Å². The molecule has 2 N–H and O–H groups in total. The number of phenolic OH excluding ortho intramolecular Hbond substituents is 1. The second kappa shape index (κ2) is 7.54. The van der Waals surface area contributed by atoms with E-state index in [1.807, 2.05) is 0 Å². The predicted molar refractivity (Wildman–Crippen MR) is 72.5 cm³/mol. The summed E-state index contributed by atoms with van der Waals surface area (Å²) in [7, 11) is 0. The van der Waals surface area contributed by atoms with E-state index in [2.05, 4.69) is 6.92 Å². The molecule has 0 aromatic heterocycles. The lowest BCUT2D eigenvalue weighted by atomic mass is 10.0. The van der Waals surface area contributed by atoms with Gasteiger partial charge in [-0.1, -0.05) is 38.3 Å². The fourth-order valence-electron chi connectivity index (χ4n) is 1.75. The van der Waals surface area contributed by atoms with Crippen molar-refractivity contribution in [3.05, 3.63) is 35.4 Å². The highest BCUT2D eigenvalue weighted by Gasteiger charge is 2.06. The van der Waals surface area contributed by atoms with Crippen molar-refractivity contribution in [3.8, 4) is 5.75 Å². The maximum absolute atomic E-state index is 11.1. The molecule has 0 atom stereocenters. The topological polar surface area (TPSA) is 57.5 Å². The highest BCUT2D eigenvalue weighted by atomic mass is 16.4. The monoisotopic (exact) mass is 248 g/mol. The van der Waals surface area contributed by atoms with Crippen LogP contribution in [0.15, 0.2) is 29.8 Å². The number of unbranched alkanes of at least 4 members (excludes halogenated alkanes) is 3. The lowest BCUT2D eigenvalue weighted by molar-refractivity contribution is -0.132. The Kier molecular flexibility index (Phi) is 5.98. The van der Waals surface area contributed by atoms with E-state index in [1.54, 1.807) is 30.3 Å². The van der Waals surface area contributed by atoms with Crippen molar-refractivity contribution >= 4 is 12.0 Å². The van der Waals surface area contributed by atoms with E-state index in [9.17, 15) is 4.79 Å². The number of rotatable bonds is 7. The molecule has 3 nitrogen and oxygen atoms in total. The van der Waals surface area contributed by atoms with Crippen molar-refractivity contribution in [1.29, 1.82) is 0 Å². The molecule has 0 bridgehead atoms. The smallest absolute Gasteiger partial charge is 0.331 e. The predicted octanol–water partition coefficient (Wildman–Crippen LogP) is 3.83. The van der Waals surface area contributed by atoms with Gasteiger partial charge in [0.25, 0.3) is 0 Å². The molecule has 1 aromatic rings. The van der Waals surface area contributed by atoms with Crippen molar-refractivity contribution < 1.29 is 15.0 Å². The van der Waals surface area contributed by atoms with Crippen molar-refractivity contribution in [1.82, 2.24) is 0 Å². The summed E-state index contributed by atoms with van der Waals surface area (Å²) in [6.07, 6.45) is 6.53. The Morgan fingerprint density at radius 2 is 1.83 bits per heavy atom. The highest BCUT2D eigenvalue weighted by molar-refractivity contribution is 5.92. The molecule has 0 aliphatic carbocycles. The second-order valence-electron chi connectivity index (χ2n) is 4.38. The number of hydrogen-bond donors (Lipinski definition) is 2. The third-order valence-corrected chi connectivity index (χ3v) is 2.81. The molecule has 1 rings (SSSR count). The summed E-state index contributed by atoms with van der Waals surface area (Å²) in [6.45, 7) is 2.13. The van der Waals surface area contributed by atoms with Gasteiger partial charge in [0.05, 0.1) is 0 Å². The van der Waals surface area contributed by atoms with Gasteiger partial charge in [-0.2, -0.15) is 0 Å². The minimum Gasteiger partial charge on any atom is -0.508 e. The summed E-state index contributed by atoms with van der Waals surface area (Å²) in [5, 5.41) is 18.3. The molecule has 0 spiro atoms. The number of phenols is 1. The molecule has 0 amide bonds. The van der Waals surface area contributed by atoms with Gasteiger partial charge < -0.3 is 10.2 Å². The first-order valence-corrected chi connectivity index (χ1v) is 6.36. The van der Waals surface area contributed by atoms with Crippen molar-refractivity contribution in [2.45, 2.75) is 39.0 Å². The Labute approximate surface area is 108 Å². The van der Waals surface area contributed by atoms with Crippen LogP contribution < -0.4 is 0 Å². The molecule has 0 saturated heterocycles. The van der Waals surface area contributed by atoms with Crippen LogP contribution in [0.25, 0.3) is 6.08 Å². The van der Waals surface area contributed by atoms with Crippen LogP contribution in [0.1, 0.15) is 44.6 Å². The maximum Gasteiger partial charge on any atom is 0.331 e. The molecule has 0 aliphatic rings. The zero-order valence-electron chi connectivity index (χ0n) is 10.7. The lowest BCUT2D eigenvalue weighted by Gasteiger charge is -2.03. The van der Waals surface area contributed by atoms with Gasteiger partial charge in [-0.3, -0.25) is 0 Å².